The van der Waals surface area contributed by atoms with Gasteiger partial charge in [0.25, 0.3) is 0 Å². The summed E-state index contributed by atoms with van der Waals surface area (Å²) in [6.07, 6.45) is 0.798. The SMILES string of the molecule is CC(=O)NC(C)c1ccc(-c2cc(C=O)c3ccc(C#N)cc3n2)cc1. The molecule has 3 aromatic rings. The Labute approximate surface area is 151 Å². The summed E-state index contributed by atoms with van der Waals surface area (Å²) in [7, 11) is 0. The van der Waals surface area contributed by atoms with Crippen LogP contribution in [0, 0.1) is 11.3 Å². The van der Waals surface area contributed by atoms with E-state index in [0.717, 1.165) is 22.8 Å². The van der Waals surface area contributed by atoms with E-state index in [-0.39, 0.29) is 11.9 Å². The van der Waals surface area contributed by atoms with Crippen molar-refractivity contribution in [2.24, 2.45) is 0 Å². The lowest BCUT2D eigenvalue weighted by molar-refractivity contribution is -0.119. The van der Waals surface area contributed by atoms with Crippen molar-refractivity contribution in [3.63, 3.8) is 0 Å². The molecule has 0 spiro atoms. The summed E-state index contributed by atoms with van der Waals surface area (Å²) >= 11 is 0. The Bertz CT molecular complexity index is 1030. The maximum atomic E-state index is 11.5. The lowest BCUT2D eigenvalue weighted by Gasteiger charge is -2.13. The number of nitriles is 1. The molecule has 1 amide bonds. The van der Waals surface area contributed by atoms with E-state index in [9.17, 15) is 9.59 Å². The Kier molecular flexibility index (Phi) is 4.76. The van der Waals surface area contributed by atoms with Crippen molar-refractivity contribution in [1.82, 2.24) is 10.3 Å². The molecule has 0 saturated heterocycles. The van der Waals surface area contributed by atoms with Gasteiger partial charge in [-0.15, -0.1) is 0 Å². The molecule has 0 aliphatic rings. The van der Waals surface area contributed by atoms with Gasteiger partial charge >= 0.3 is 0 Å². The number of nitrogens with zero attached hydrogens (tertiary/aromatic N) is 2. The zero-order valence-corrected chi connectivity index (χ0v) is 14.5. The lowest BCUT2D eigenvalue weighted by atomic mass is 10.0. The molecule has 2 aromatic carbocycles. The molecular formula is C21H17N3O2. The van der Waals surface area contributed by atoms with Crippen molar-refractivity contribution in [2.45, 2.75) is 19.9 Å². The van der Waals surface area contributed by atoms with Crippen LogP contribution in [0.3, 0.4) is 0 Å². The quantitative estimate of drug-likeness (QED) is 0.731. The lowest BCUT2D eigenvalue weighted by Crippen LogP contribution is -2.23. The number of aromatic nitrogens is 1. The maximum absolute atomic E-state index is 11.5. The summed E-state index contributed by atoms with van der Waals surface area (Å²) in [5, 5.41) is 12.6. The zero-order chi connectivity index (χ0) is 18.7. The number of hydrogen-bond donors (Lipinski definition) is 1. The van der Waals surface area contributed by atoms with Crippen LogP contribution in [0.2, 0.25) is 0 Å². The van der Waals surface area contributed by atoms with Gasteiger partial charge in [-0.25, -0.2) is 4.98 Å². The molecule has 1 N–H and O–H groups in total. The van der Waals surface area contributed by atoms with Crippen LogP contribution in [0.4, 0.5) is 0 Å². The van der Waals surface area contributed by atoms with Crippen LogP contribution < -0.4 is 5.32 Å². The van der Waals surface area contributed by atoms with Crippen molar-refractivity contribution < 1.29 is 9.59 Å². The first kappa shape index (κ1) is 17.3. The van der Waals surface area contributed by atoms with E-state index in [1.165, 1.54) is 6.92 Å². The van der Waals surface area contributed by atoms with E-state index in [0.29, 0.717) is 22.3 Å². The molecule has 0 aliphatic carbocycles. The molecule has 128 valence electrons. The van der Waals surface area contributed by atoms with E-state index < -0.39 is 0 Å². The standard InChI is InChI=1S/C21H17N3O2/c1-13(23-14(2)26)16-4-6-17(7-5-16)20-10-18(12-25)19-8-3-15(11-22)9-21(19)24-20/h3-10,12-13H,1-2H3,(H,23,26). The van der Waals surface area contributed by atoms with Crippen molar-refractivity contribution >= 4 is 23.1 Å². The molecule has 1 aromatic heterocycles. The molecule has 3 rings (SSSR count). The fraction of sp³-hybridized carbons (Fsp3) is 0.143. The van der Waals surface area contributed by atoms with Gasteiger partial charge in [-0.2, -0.15) is 5.26 Å². The van der Waals surface area contributed by atoms with Crippen molar-refractivity contribution in [1.29, 1.82) is 5.26 Å². The molecule has 1 atom stereocenters. The smallest absolute Gasteiger partial charge is 0.217 e. The number of rotatable bonds is 4. The Balaban J connectivity index is 2.03. The highest BCUT2D eigenvalue weighted by Crippen LogP contribution is 2.26. The predicted octanol–water partition coefficient (Wildman–Crippen LogP) is 3.78. The third-order valence-corrected chi connectivity index (χ3v) is 4.22. The Morgan fingerprint density at radius 2 is 1.92 bits per heavy atom. The minimum atomic E-state index is -0.0881. The molecule has 0 aliphatic heterocycles. The molecule has 0 radical (unpaired) electrons. The van der Waals surface area contributed by atoms with Gasteiger partial charge in [-0.05, 0) is 30.7 Å². The number of amides is 1. The van der Waals surface area contributed by atoms with Gasteiger partial charge in [0.05, 0.1) is 28.9 Å². The van der Waals surface area contributed by atoms with E-state index >= 15 is 0 Å². The number of carbonyl (C=O) groups excluding carboxylic acids is 2. The Morgan fingerprint density at radius 3 is 2.54 bits per heavy atom. The van der Waals surface area contributed by atoms with Crippen LogP contribution >= 0.6 is 0 Å². The summed E-state index contributed by atoms with van der Waals surface area (Å²) in [4.78, 5) is 27.3. The second kappa shape index (κ2) is 7.16. The third kappa shape index (κ3) is 3.45. The topological polar surface area (TPSA) is 82.9 Å². The molecule has 5 nitrogen and oxygen atoms in total. The summed E-state index contributed by atoms with van der Waals surface area (Å²) in [5.41, 5.74) is 4.14. The summed E-state index contributed by atoms with van der Waals surface area (Å²) in [6, 6.07) is 16.5. The van der Waals surface area contributed by atoms with Crippen molar-refractivity contribution in [3.8, 4) is 17.3 Å². The van der Waals surface area contributed by atoms with Gasteiger partial charge in [-0.3, -0.25) is 9.59 Å². The Hall–Kier alpha value is -3.52. The molecule has 0 saturated carbocycles. The number of fused-ring (bicyclic) bond motifs is 1. The zero-order valence-electron chi connectivity index (χ0n) is 14.5. The van der Waals surface area contributed by atoms with Gasteiger partial charge in [0.15, 0.2) is 6.29 Å². The van der Waals surface area contributed by atoms with E-state index in [4.69, 9.17) is 5.26 Å². The first-order chi connectivity index (χ1) is 12.5. The fourth-order valence-electron chi connectivity index (χ4n) is 2.90. The van der Waals surface area contributed by atoms with Gasteiger partial charge in [0, 0.05) is 23.4 Å². The third-order valence-electron chi connectivity index (χ3n) is 4.22. The van der Waals surface area contributed by atoms with E-state index in [1.54, 1.807) is 24.3 Å². The van der Waals surface area contributed by atoms with Crippen molar-refractivity contribution in [3.05, 3.63) is 65.2 Å². The number of nitrogens with one attached hydrogen (secondary N) is 1. The van der Waals surface area contributed by atoms with Gasteiger partial charge < -0.3 is 5.32 Å². The van der Waals surface area contributed by atoms with Crippen LogP contribution in [-0.2, 0) is 4.79 Å². The minimum Gasteiger partial charge on any atom is -0.350 e. The minimum absolute atomic E-state index is 0.0818. The normalized spacial score (nSPS) is 11.6. The number of benzene rings is 2. The maximum Gasteiger partial charge on any atom is 0.217 e. The average Bonchev–Trinajstić information content (AvgIpc) is 2.66. The molecule has 5 heteroatoms. The van der Waals surface area contributed by atoms with Crippen LogP contribution in [0.25, 0.3) is 22.2 Å². The van der Waals surface area contributed by atoms with Crippen LogP contribution in [0.1, 0.15) is 41.4 Å². The largest absolute Gasteiger partial charge is 0.350 e. The van der Waals surface area contributed by atoms with Gasteiger partial charge in [0.2, 0.25) is 5.91 Å². The average molecular weight is 343 g/mol. The molecule has 1 unspecified atom stereocenters. The van der Waals surface area contributed by atoms with Crippen LogP contribution in [0.15, 0.2) is 48.5 Å². The first-order valence-electron chi connectivity index (χ1n) is 8.19. The number of carbonyl (C=O) groups is 2. The number of pyridine rings is 1. The van der Waals surface area contributed by atoms with Crippen LogP contribution in [0.5, 0.6) is 0 Å². The van der Waals surface area contributed by atoms with Crippen molar-refractivity contribution in [2.75, 3.05) is 0 Å². The monoisotopic (exact) mass is 343 g/mol. The fourth-order valence-corrected chi connectivity index (χ4v) is 2.90. The number of hydrogen-bond acceptors (Lipinski definition) is 4. The summed E-state index contributed by atoms with van der Waals surface area (Å²) in [6.45, 7) is 3.40. The predicted molar refractivity (Wildman–Crippen MR) is 99.5 cm³/mol. The first-order valence-corrected chi connectivity index (χ1v) is 8.19. The summed E-state index contributed by atoms with van der Waals surface area (Å²) in [5.74, 6) is -0.0818. The van der Waals surface area contributed by atoms with Gasteiger partial charge in [-0.1, -0.05) is 30.3 Å². The van der Waals surface area contributed by atoms with E-state index in [2.05, 4.69) is 16.4 Å². The molecule has 0 bridgehead atoms. The molecule has 26 heavy (non-hydrogen) atoms. The Morgan fingerprint density at radius 1 is 1.19 bits per heavy atom. The summed E-state index contributed by atoms with van der Waals surface area (Å²) < 4.78 is 0. The molecule has 1 heterocycles. The van der Waals surface area contributed by atoms with Gasteiger partial charge in [0.1, 0.15) is 0 Å². The molecule has 0 fully saturated rings. The highest BCUT2D eigenvalue weighted by Gasteiger charge is 2.10. The molecular weight excluding hydrogens is 326 g/mol. The number of aldehydes is 1. The second-order valence-corrected chi connectivity index (χ2v) is 6.10. The highest BCUT2D eigenvalue weighted by atomic mass is 16.1. The highest BCUT2D eigenvalue weighted by molar-refractivity contribution is 5.98. The second-order valence-electron chi connectivity index (χ2n) is 6.10. The van der Waals surface area contributed by atoms with E-state index in [1.807, 2.05) is 31.2 Å². The van der Waals surface area contributed by atoms with Crippen LogP contribution in [-0.4, -0.2) is 17.2 Å².